The molecule has 0 saturated carbocycles. The molecule has 1 heterocycles. The van der Waals surface area contributed by atoms with Gasteiger partial charge in [0.05, 0.1) is 18.0 Å². The number of methoxy groups -OCH3 is 1. The molecular weight excluding hydrogens is 383 g/mol. The van der Waals surface area contributed by atoms with Crippen LogP contribution in [0, 0.1) is 5.82 Å². The van der Waals surface area contributed by atoms with Gasteiger partial charge in [0.15, 0.2) is 11.6 Å². The molecule has 1 amide bonds. The average molecular weight is 406 g/mol. The van der Waals surface area contributed by atoms with Gasteiger partial charge in [-0.25, -0.2) is 12.8 Å². The number of rotatable bonds is 6. The summed E-state index contributed by atoms with van der Waals surface area (Å²) in [5.41, 5.74) is 0.932. The van der Waals surface area contributed by atoms with E-state index in [2.05, 4.69) is 5.32 Å². The molecule has 1 fully saturated rings. The first-order chi connectivity index (χ1) is 13.3. The Morgan fingerprint density at radius 1 is 1.14 bits per heavy atom. The van der Waals surface area contributed by atoms with E-state index in [0.717, 1.165) is 12.8 Å². The Kier molecular flexibility index (Phi) is 6.00. The van der Waals surface area contributed by atoms with Crippen LogP contribution in [0.2, 0.25) is 0 Å². The maximum atomic E-state index is 13.9. The first kappa shape index (κ1) is 20.3. The van der Waals surface area contributed by atoms with Gasteiger partial charge >= 0.3 is 0 Å². The van der Waals surface area contributed by atoms with E-state index in [1.165, 1.54) is 47.8 Å². The number of nitrogens with one attached hydrogen (secondary N) is 1. The van der Waals surface area contributed by atoms with Gasteiger partial charge in [-0.05, 0) is 61.7 Å². The van der Waals surface area contributed by atoms with Crippen molar-refractivity contribution >= 4 is 15.9 Å². The summed E-state index contributed by atoms with van der Waals surface area (Å²) in [4.78, 5) is 12.6. The number of hydrogen-bond acceptors (Lipinski definition) is 4. The standard InChI is InChI=1S/C20H23FN2O4S/c1-14(16-7-10-19(27-2)18(21)13-16)22-20(24)15-5-8-17(9-6-15)28(25,26)23-11-3-4-12-23/h5-10,13-14H,3-4,11-12H2,1-2H3,(H,22,24). The van der Waals surface area contributed by atoms with E-state index in [-0.39, 0.29) is 16.6 Å². The number of sulfonamides is 1. The predicted octanol–water partition coefficient (Wildman–Crippen LogP) is 3.11. The Labute approximate surface area is 164 Å². The third-order valence-corrected chi connectivity index (χ3v) is 6.76. The van der Waals surface area contributed by atoms with Gasteiger partial charge < -0.3 is 10.1 Å². The van der Waals surface area contributed by atoms with Crippen LogP contribution < -0.4 is 10.1 Å². The normalized spacial score (nSPS) is 16.0. The van der Waals surface area contributed by atoms with Crippen molar-refractivity contribution in [3.63, 3.8) is 0 Å². The second-order valence-corrected chi connectivity index (χ2v) is 8.66. The molecule has 6 nitrogen and oxygen atoms in total. The Morgan fingerprint density at radius 3 is 2.36 bits per heavy atom. The lowest BCUT2D eigenvalue weighted by Gasteiger charge is -2.17. The van der Waals surface area contributed by atoms with Crippen LogP contribution in [-0.4, -0.2) is 38.8 Å². The van der Waals surface area contributed by atoms with Crippen molar-refractivity contribution in [2.75, 3.05) is 20.2 Å². The zero-order chi connectivity index (χ0) is 20.3. The first-order valence-electron chi connectivity index (χ1n) is 9.07. The summed E-state index contributed by atoms with van der Waals surface area (Å²) < 4.78 is 45.3. The van der Waals surface area contributed by atoms with Gasteiger partial charge in [-0.15, -0.1) is 0 Å². The third-order valence-electron chi connectivity index (χ3n) is 4.84. The lowest BCUT2D eigenvalue weighted by atomic mass is 10.1. The lowest BCUT2D eigenvalue weighted by molar-refractivity contribution is 0.0939. The van der Waals surface area contributed by atoms with Crippen molar-refractivity contribution in [3.8, 4) is 5.75 Å². The van der Waals surface area contributed by atoms with Gasteiger partial charge in [-0.1, -0.05) is 6.07 Å². The Morgan fingerprint density at radius 2 is 1.79 bits per heavy atom. The Bertz CT molecular complexity index is 955. The molecule has 2 aromatic carbocycles. The molecule has 3 rings (SSSR count). The number of carbonyl (C=O) groups is 1. The molecule has 1 N–H and O–H groups in total. The highest BCUT2D eigenvalue weighted by Crippen LogP contribution is 2.23. The number of nitrogens with zero attached hydrogens (tertiary/aromatic N) is 1. The van der Waals surface area contributed by atoms with E-state index < -0.39 is 21.9 Å². The summed E-state index contributed by atoms with van der Waals surface area (Å²) in [7, 11) is -2.12. The quantitative estimate of drug-likeness (QED) is 0.800. The van der Waals surface area contributed by atoms with Crippen LogP contribution in [0.4, 0.5) is 4.39 Å². The van der Waals surface area contributed by atoms with E-state index in [0.29, 0.717) is 24.2 Å². The van der Waals surface area contributed by atoms with Gasteiger partial charge in [0.25, 0.3) is 5.91 Å². The van der Waals surface area contributed by atoms with Gasteiger partial charge in [-0.2, -0.15) is 4.31 Å². The highest BCUT2D eigenvalue weighted by atomic mass is 32.2. The Balaban J connectivity index is 1.70. The van der Waals surface area contributed by atoms with Crippen LogP contribution in [0.1, 0.15) is 41.7 Å². The van der Waals surface area contributed by atoms with Crippen LogP contribution in [0.3, 0.4) is 0 Å². The second kappa shape index (κ2) is 8.28. The summed E-state index contributed by atoms with van der Waals surface area (Å²) in [5, 5.41) is 2.78. The average Bonchev–Trinajstić information content (AvgIpc) is 3.23. The summed E-state index contributed by atoms with van der Waals surface area (Å²) >= 11 is 0. The van der Waals surface area contributed by atoms with Crippen LogP contribution in [0.25, 0.3) is 0 Å². The molecule has 0 spiro atoms. The minimum Gasteiger partial charge on any atom is -0.494 e. The fourth-order valence-corrected chi connectivity index (χ4v) is 4.69. The van der Waals surface area contributed by atoms with E-state index in [1.54, 1.807) is 13.0 Å². The molecule has 8 heteroatoms. The van der Waals surface area contributed by atoms with Crippen molar-refractivity contribution in [1.29, 1.82) is 0 Å². The molecule has 150 valence electrons. The van der Waals surface area contributed by atoms with Crippen LogP contribution in [-0.2, 0) is 10.0 Å². The van der Waals surface area contributed by atoms with E-state index in [9.17, 15) is 17.6 Å². The van der Waals surface area contributed by atoms with Crippen molar-refractivity contribution in [2.45, 2.75) is 30.7 Å². The van der Waals surface area contributed by atoms with E-state index in [4.69, 9.17) is 4.74 Å². The van der Waals surface area contributed by atoms with Gasteiger partial charge in [0, 0.05) is 18.7 Å². The van der Waals surface area contributed by atoms with Crippen molar-refractivity contribution in [1.82, 2.24) is 9.62 Å². The molecule has 1 saturated heterocycles. The third kappa shape index (κ3) is 4.18. The Hall–Kier alpha value is -2.45. The number of carbonyl (C=O) groups excluding carboxylic acids is 1. The molecule has 2 aromatic rings. The monoisotopic (exact) mass is 406 g/mol. The van der Waals surface area contributed by atoms with Crippen molar-refractivity contribution < 1.29 is 22.3 Å². The SMILES string of the molecule is COc1ccc(C(C)NC(=O)c2ccc(S(=O)(=O)N3CCCC3)cc2)cc1F. The molecular formula is C20H23FN2O4S. The lowest BCUT2D eigenvalue weighted by Crippen LogP contribution is -2.28. The number of hydrogen-bond donors (Lipinski definition) is 1. The molecule has 1 aliphatic rings. The molecule has 1 unspecified atom stereocenters. The topological polar surface area (TPSA) is 75.7 Å². The summed E-state index contributed by atoms with van der Waals surface area (Å²) in [6.45, 7) is 2.80. The molecule has 0 bridgehead atoms. The summed E-state index contributed by atoms with van der Waals surface area (Å²) in [6, 6.07) is 9.93. The van der Waals surface area contributed by atoms with Crippen LogP contribution in [0.5, 0.6) is 5.75 Å². The minimum atomic E-state index is -3.51. The largest absolute Gasteiger partial charge is 0.494 e. The zero-order valence-electron chi connectivity index (χ0n) is 15.8. The van der Waals surface area contributed by atoms with Crippen LogP contribution >= 0.6 is 0 Å². The zero-order valence-corrected chi connectivity index (χ0v) is 16.6. The molecule has 0 radical (unpaired) electrons. The molecule has 0 aromatic heterocycles. The smallest absolute Gasteiger partial charge is 0.251 e. The maximum Gasteiger partial charge on any atom is 0.251 e. The fraction of sp³-hybridized carbons (Fsp3) is 0.350. The molecule has 1 atom stereocenters. The first-order valence-corrected chi connectivity index (χ1v) is 10.5. The van der Waals surface area contributed by atoms with Crippen LogP contribution in [0.15, 0.2) is 47.4 Å². The van der Waals surface area contributed by atoms with Crippen molar-refractivity contribution in [3.05, 3.63) is 59.4 Å². The highest BCUT2D eigenvalue weighted by Gasteiger charge is 2.27. The van der Waals surface area contributed by atoms with Gasteiger partial charge in [-0.3, -0.25) is 4.79 Å². The maximum absolute atomic E-state index is 13.9. The van der Waals surface area contributed by atoms with E-state index >= 15 is 0 Å². The number of amides is 1. The van der Waals surface area contributed by atoms with Gasteiger partial charge in [0.2, 0.25) is 10.0 Å². The van der Waals surface area contributed by atoms with Crippen molar-refractivity contribution in [2.24, 2.45) is 0 Å². The summed E-state index contributed by atoms with van der Waals surface area (Å²) in [6.07, 6.45) is 1.73. The fourth-order valence-electron chi connectivity index (χ4n) is 3.17. The van der Waals surface area contributed by atoms with Gasteiger partial charge in [0.1, 0.15) is 0 Å². The molecule has 28 heavy (non-hydrogen) atoms. The second-order valence-electron chi connectivity index (χ2n) is 6.72. The number of benzene rings is 2. The number of ether oxygens (including phenoxy) is 1. The van der Waals surface area contributed by atoms with E-state index in [1.807, 2.05) is 0 Å². The highest BCUT2D eigenvalue weighted by molar-refractivity contribution is 7.89. The minimum absolute atomic E-state index is 0.136. The number of halogens is 1. The predicted molar refractivity (Wildman–Crippen MR) is 103 cm³/mol. The molecule has 0 aliphatic carbocycles. The summed E-state index contributed by atoms with van der Waals surface area (Å²) in [5.74, 6) is -0.733. The molecule has 1 aliphatic heterocycles.